The van der Waals surface area contributed by atoms with Crippen LogP contribution in [0.25, 0.3) is 0 Å². The largest absolute Gasteiger partial charge is 0.225 e. The molecule has 0 aliphatic heterocycles. The average Bonchev–Trinajstić information content (AvgIpc) is 2.03. The highest BCUT2D eigenvalue weighted by molar-refractivity contribution is 5.04. The van der Waals surface area contributed by atoms with Crippen molar-refractivity contribution < 1.29 is 4.39 Å². The Labute approximate surface area is 79.0 Å². The second-order valence-electron chi connectivity index (χ2n) is 3.74. The zero-order valence-corrected chi connectivity index (χ0v) is 8.26. The third-order valence-corrected chi connectivity index (χ3v) is 1.99. The minimum absolute atomic E-state index is 0.373. The number of pyridine rings is 1. The van der Waals surface area contributed by atoms with Crippen LogP contribution in [0, 0.1) is 11.9 Å². The van der Waals surface area contributed by atoms with Crippen molar-refractivity contribution in [1.82, 2.24) is 4.98 Å². The van der Waals surface area contributed by atoms with E-state index in [2.05, 4.69) is 18.8 Å². The molecule has 1 nitrogen and oxygen atoms in total. The van der Waals surface area contributed by atoms with Gasteiger partial charge in [-0.25, -0.2) is 4.98 Å². The lowest BCUT2D eigenvalue weighted by atomic mass is 10.1. The van der Waals surface area contributed by atoms with E-state index >= 15 is 0 Å². The Hall–Kier alpha value is -0.920. The number of halogens is 1. The van der Waals surface area contributed by atoms with E-state index in [0.29, 0.717) is 5.92 Å². The van der Waals surface area contributed by atoms with E-state index in [1.165, 1.54) is 12.5 Å². The van der Waals surface area contributed by atoms with E-state index < -0.39 is 0 Å². The second-order valence-corrected chi connectivity index (χ2v) is 3.74. The summed E-state index contributed by atoms with van der Waals surface area (Å²) in [6.07, 6.45) is 3.16. The van der Waals surface area contributed by atoms with E-state index in [9.17, 15) is 4.39 Å². The van der Waals surface area contributed by atoms with E-state index in [1.807, 2.05) is 6.07 Å². The number of nitrogens with zero attached hydrogens (tertiary/aromatic N) is 1. The molecule has 0 amide bonds. The topological polar surface area (TPSA) is 12.9 Å². The van der Waals surface area contributed by atoms with Gasteiger partial charge in [-0.3, -0.25) is 0 Å². The van der Waals surface area contributed by atoms with Crippen LogP contribution in [0.2, 0.25) is 0 Å². The molecule has 0 radical (unpaired) electrons. The fourth-order valence-corrected chi connectivity index (χ4v) is 1.28. The van der Waals surface area contributed by atoms with Crippen molar-refractivity contribution in [2.24, 2.45) is 5.92 Å². The molecule has 0 aliphatic rings. The van der Waals surface area contributed by atoms with E-state index in [-0.39, 0.29) is 5.95 Å². The molecule has 1 heterocycles. The van der Waals surface area contributed by atoms with Gasteiger partial charge in [-0.1, -0.05) is 26.3 Å². The Morgan fingerprint density at radius 1 is 1.38 bits per heavy atom. The van der Waals surface area contributed by atoms with Gasteiger partial charge in [0.15, 0.2) is 0 Å². The summed E-state index contributed by atoms with van der Waals surface area (Å²) in [7, 11) is 0. The lowest BCUT2D eigenvalue weighted by Gasteiger charge is -2.03. The number of aromatic nitrogens is 1. The standard InChI is InChI=1S/C11H16FN/c1-9(2)5-3-6-10-7-4-8-11(12)13-10/h4,7-9H,3,5-6H2,1-2H3. The predicted molar refractivity (Wildman–Crippen MR) is 52.0 cm³/mol. The van der Waals surface area contributed by atoms with Crippen molar-refractivity contribution in [3.8, 4) is 0 Å². The molecule has 2 heteroatoms. The smallest absolute Gasteiger partial charge is 0.213 e. The Morgan fingerprint density at radius 3 is 2.77 bits per heavy atom. The van der Waals surface area contributed by atoms with E-state index in [0.717, 1.165) is 18.5 Å². The Kier molecular flexibility index (Phi) is 3.87. The molecule has 0 unspecified atom stereocenters. The Bertz CT molecular complexity index is 258. The van der Waals surface area contributed by atoms with Crippen LogP contribution in [0.5, 0.6) is 0 Å². The summed E-state index contributed by atoms with van der Waals surface area (Å²) in [5, 5.41) is 0. The van der Waals surface area contributed by atoms with Crippen LogP contribution in [-0.4, -0.2) is 4.98 Å². The Balaban J connectivity index is 2.37. The summed E-state index contributed by atoms with van der Waals surface area (Å²) in [4.78, 5) is 3.80. The van der Waals surface area contributed by atoms with Crippen LogP contribution in [-0.2, 0) is 6.42 Å². The first-order valence-electron chi connectivity index (χ1n) is 4.80. The predicted octanol–water partition coefficient (Wildman–Crippen LogP) is 3.20. The van der Waals surface area contributed by atoms with Crippen molar-refractivity contribution in [2.45, 2.75) is 33.1 Å². The van der Waals surface area contributed by atoms with Crippen molar-refractivity contribution in [2.75, 3.05) is 0 Å². The van der Waals surface area contributed by atoms with Crippen molar-refractivity contribution in [3.63, 3.8) is 0 Å². The normalized spacial score (nSPS) is 10.8. The monoisotopic (exact) mass is 181 g/mol. The summed E-state index contributed by atoms with van der Waals surface area (Å²) in [6.45, 7) is 4.39. The van der Waals surface area contributed by atoms with Crippen molar-refractivity contribution >= 4 is 0 Å². The molecule has 0 saturated carbocycles. The summed E-state index contributed by atoms with van der Waals surface area (Å²) in [5.41, 5.74) is 0.862. The highest BCUT2D eigenvalue weighted by atomic mass is 19.1. The summed E-state index contributed by atoms with van der Waals surface area (Å²) < 4.78 is 12.6. The molecule has 0 fully saturated rings. The molecule has 0 bridgehead atoms. The number of hydrogen-bond acceptors (Lipinski definition) is 1. The van der Waals surface area contributed by atoms with Gasteiger partial charge in [0.2, 0.25) is 5.95 Å². The fourth-order valence-electron chi connectivity index (χ4n) is 1.28. The third-order valence-electron chi connectivity index (χ3n) is 1.99. The number of rotatable bonds is 4. The lowest BCUT2D eigenvalue weighted by Crippen LogP contribution is -1.94. The first-order valence-corrected chi connectivity index (χ1v) is 4.80. The average molecular weight is 181 g/mol. The highest BCUT2D eigenvalue weighted by Gasteiger charge is 1.98. The van der Waals surface area contributed by atoms with Gasteiger partial charge in [0.25, 0.3) is 0 Å². The summed E-state index contributed by atoms with van der Waals surface area (Å²) >= 11 is 0. The summed E-state index contributed by atoms with van der Waals surface area (Å²) in [5.74, 6) is 0.343. The van der Waals surface area contributed by atoms with Gasteiger partial charge in [0.1, 0.15) is 0 Å². The number of aryl methyl sites for hydroxylation is 1. The molecule has 0 aliphatic carbocycles. The molecule has 1 aromatic rings. The molecule has 1 aromatic heterocycles. The second kappa shape index (κ2) is 4.95. The van der Waals surface area contributed by atoms with Gasteiger partial charge in [-0.05, 0) is 30.9 Å². The lowest BCUT2D eigenvalue weighted by molar-refractivity contribution is 0.542. The quantitative estimate of drug-likeness (QED) is 0.650. The molecule has 0 N–H and O–H groups in total. The molecule has 0 atom stereocenters. The molecule has 1 rings (SSSR count). The molecule has 72 valence electrons. The molecule has 0 spiro atoms. The summed E-state index contributed by atoms with van der Waals surface area (Å²) in [6, 6.07) is 4.97. The van der Waals surface area contributed by atoms with E-state index in [1.54, 1.807) is 6.07 Å². The van der Waals surface area contributed by atoms with Gasteiger partial charge in [-0.2, -0.15) is 4.39 Å². The van der Waals surface area contributed by atoms with Crippen molar-refractivity contribution in [3.05, 3.63) is 29.8 Å². The van der Waals surface area contributed by atoms with Gasteiger partial charge in [-0.15, -0.1) is 0 Å². The van der Waals surface area contributed by atoms with Gasteiger partial charge in [0, 0.05) is 5.69 Å². The Morgan fingerprint density at radius 2 is 2.15 bits per heavy atom. The van der Waals surface area contributed by atoms with Crippen LogP contribution in [0.15, 0.2) is 18.2 Å². The van der Waals surface area contributed by atoms with Crippen LogP contribution >= 0.6 is 0 Å². The first-order chi connectivity index (χ1) is 6.18. The van der Waals surface area contributed by atoms with Crippen LogP contribution < -0.4 is 0 Å². The van der Waals surface area contributed by atoms with Crippen LogP contribution in [0.1, 0.15) is 32.4 Å². The molecular formula is C11H16FN. The molecular weight excluding hydrogens is 165 g/mol. The first kappa shape index (κ1) is 10.2. The van der Waals surface area contributed by atoms with Crippen LogP contribution in [0.3, 0.4) is 0 Å². The maximum atomic E-state index is 12.6. The molecule has 13 heavy (non-hydrogen) atoms. The van der Waals surface area contributed by atoms with Crippen molar-refractivity contribution in [1.29, 1.82) is 0 Å². The zero-order chi connectivity index (χ0) is 9.68. The minimum atomic E-state index is -0.373. The van der Waals surface area contributed by atoms with Crippen LogP contribution in [0.4, 0.5) is 4.39 Å². The third kappa shape index (κ3) is 4.02. The maximum Gasteiger partial charge on any atom is 0.213 e. The minimum Gasteiger partial charge on any atom is -0.225 e. The van der Waals surface area contributed by atoms with Gasteiger partial charge >= 0.3 is 0 Å². The zero-order valence-electron chi connectivity index (χ0n) is 8.26. The SMILES string of the molecule is CC(C)CCCc1cccc(F)n1. The van der Waals surface area contributed by atoms with Gasteiger partial charge < -0.3 is 0 Å². The van der Waals surface area contributed by atoms with E-state index in [4.69, 9.17) is 0 Å². The maximum absolute atomic E-state index is 12.6. The molecule has 0 aromatic carbocycles. The van der Waals surface area contributed by atoms with Gasteiger partial charge in [0.05, 0.1) is 0 Å². The fraction of sp³-hybridized carbons (Fsp3) is 0.545. The number of hydrogen-bond donors (Lipinski definition) is 0. The highest BCUT2D eigenvalue weighted by Crippen LogP contribution is 2.08. The molecule has 0 saturated heterocycles.